The normalized spacial score (nSPS) is 19.2. The zero-order valence-electron chi connectivity index (χ0n) is 16.0. The van der Waals surface area contributed by atoms with Gasteiger partial charge >= 0.3 is 5.69 Å². The number of rotatable bonds is 7. The van der Waals surface area contributed by atoms with Gasteiger partial charge in [0.25, 0.3) is 0 Å². The van der Waals surface area contributed by atoms with Crippen LogP contribution in [0.1, 0.15) is 36.9 Å². The minimum Gasteiger partial charge on any atom is -0.388 e. The molecule has 1 fully saturated rings. The Hall–Kier alpha value is -2.94. The summed E-state index contributed by atoms with van der Waals surface area (Å²) in [5.74, 6) is 0.530. The minimum atomic E-state index is -0.487. The van der Waals surface area contributed by atoms with Gasteiger partial charge in [0.1, 0.15) is 5.69 Å². The molecule has 150 valence electrons. The first-order chi connectivity index (χ1) is 13.5. The molecule has 0 atom stereocenters. The van der Waals surface area contributed by atoms with Crippen LogP contribution in [0.15, 0.2) is 24.3 Å². The Morgan fingerprint density at radius 2 is 2.00 bits per heavy atom. The highest BCUT2D eigenvalue weighted by atomic mass is 16.6. The number of nitrogens with one attached hydrogen (secondary N) is 2. The van der Waals surface area contributed by atoms with Crippen LogP contribution in [-0.4, -0.2) is 28.0 Å². The number of nitrogens with zero attached hydrogens (tertiary/aromatic N) is 3. The number of benzene rings is 1. The fourth-order valence-corrected chi connectivity index (χ4v) is 3.62. The summed E-state index contributed by atoms with van der Waals surface area (Å²) in [6.45, 7) is 0.491. The summed E-state index contributed by atoms with van der Waals surface area (Å²) >= 11 is 0. The number of anilines is 3. The largest absolute Gasteiger partial charge is 0.388 e. The highest BCUT2D eigenvalue weighted by Crippen LogP contribution is 2.32. The van der Waals surface area contributed by atoms with E-state index in [9.17, 15) is 10.1 Å². The van der Waals surface area contributed by atoms with Gasteiger partial charge in [-0.05, 0) is 55.7 Å². The van der Waals surface area contributed by atoms with Gasteiger partial charge in [-0.3, -0.25) is 10.1 Å². The monoisotopic (exact) mass is 385 g/mol. The molecule has 1 aromatic heterocycles. The Bertz CT molecular complexity index is 835. The van der Waals surface area contributed by atoms with Gasteiger partial charge in [-0.2, -0.15) is 4.98 Å². The minimum absolute atomic E-state index is 0.103. The third kappa shape index (κ3) is 4.86. The lowest BCUT2D eigenvalue weighted by molar-refractivity contribution is -0.385. The average molecular weight is 385 g/mol. The van der Waals surface area contributed by atoms with E-state index in [0.29, 0.717) is 30.5 Å². The summed E-state index contributed by atoms with van der Waals surface area (Å²) in [5, 5.41) is 17.7. The summed E-state index contributed by atoms with van der Waals surface area (Å²) in [7, 11) is 1.86. The van der Waals surface area contributed by atoms with Gasteiger partial charge in [-0.1, -0.05) is 12.1 Å². The standard InChI is InChI=1S/C19H27N7O2/c1-22-15-4-2-3-13(9-15)11-23-19-24-16(17(26(27)28)18(21)25-19)10-12-5-7-14(20)8-6-12/h2-4,9,12,14,22H,5-8,10-11,20H2,1H3,(H3,21,23,24,25)/t12-,14-. The summed E-state index contributed by atoms with van der Waals surface area (Å²) in [6, 6.07) is 8.14. The van der Waals surface area contributed by atoms with Crippen molar-refractivity contribution >= 4 is 23.1 Å². The van der Waals surface area contributed by atoms with Gasteiger partial charge in [0, 0.05) is 25.3 Å². The maximum absolute atomic E-state index is 11.5. The molecular weight excluding hydrogens is 358 g/mol. The number of nitrogens with two attached hydrogens (primary N) is 2. The van der Waals surface area contributed by atoms with Crippen molar-refractivity contribution < 1.29 is 4.92 Å². The Kier molecular flexibility index (Phi) is 6.25. The maximum atomic E-state index is 11.5. The number of hydrogen-bond donors (Lipinski definition) is 4. The van der Waals surface area contributed by atoms with Crippen molar-refractivity contribution in [2.75, 3.05) is 23.4 Å². The van der Waals surface area contributed by atoms with Crippen LogP contribution in [-0.2, 0) is 13.0 Å². The number of hydrogen-bond acceptors (Lipinski definition) is 8. The maximum Gasteiger partial charge on any atom is 0.332 e. The fraction of sp³-hybridized carbons (Fsp3) is 0.474. The number of nitro groups is 1. The van der Waals surface area contributed by atoms with E-state index >= 15 is 0 Å². The second-order valence-electron chi connectivity index (χ2n) is 7.27. The van der Waals surface area contributed by atoms with Gasteiger partial charge in [0.05, 0.1) is 4.92 Å². The van der Waals surface area contributed by atoms with Crippen molar-refractivity contribution in [3.05, 3.63) is 45.6 Å². The van der Waals surface area contributed by atoms with Crippen molar-refractivity contribution in [2.45, 2.75) is 44.7 Å². The van der Waals surface area contributed by atoms with Crippen LogP contribution >= 0.6 is 0 Å². The van der Waals surface area contributed by atoms with E-state index in [0.717, 1.165) is 36.9 Å². The molecule has 1 aliphatic rings. The molecule has 0 unspecified atom stereocenters. The Morgan fingerprint density at radius 3 is 2.68 bits per heavy atom. The molecule has 0 saturated heterocycles. The summed E-state index contributed by atoms with van der Waals surface area (Å²) in [5.41, 5.74) is 14.1. The van der Waals surface area contributed by atoms with Crippen molar-refractivity contribution in [1.82, 2.24) is 9.97 Å². The molecule has 1 aromatic carbocycles. The average Bonchev–Trinajstić information content (AvgIpc) is 2.67. The van der Waals surface area contributed by atoms with Gasteiger partial charge in [0.15, 0.2) is 0 Å². The third-order valence-electron chi connectivity index (χ3n) is 5.21. The molecule has 3 rings (SSSR count). The molecule has 0 radical (unpaired) electrons. The highest BCUT2D eigenvalue weighted by molar-refractivity contribution is 5.58. The van der Waals surface area contributed by atoms with Gasteiger partial charge in [-0.15, -0.1) is 0 Å². The lowest BCUT2D eigenvalue weighted by Crippen LogP contribution is -2.27. The molecule has 6 N–H and O–H groups in total. The molecule has 1 aliphatic carbocycles. The van der Waals surface area contributed by atoms with E-state index in [-0.39, 0.29) is 17.5 Å². The van der Waals surface area contributed by atoms with Gasteiger partial charge in [0.2, 0.25) is 11.8 Å². The zero-order valence-corrected chi connectivity index (χ0v) is 16.0. The highest BCUT2D eigenvalue weighted by Gasteiger charge is 2.27. The van der Waals surface area contributed by atoms with Gasteiger partial charge in [-0.25, -0.2) is 4.98 Å². The summed E-state index contributed by atoms with van der Waals surface area (Å²) in [4.78, 5) is 19.5. The Morgan fingerprint density at radius 1 is 1.25 bits per heavy atom. The molecule has 9 heteroatoms. The summed E-state index contributed by atoms with van der Waals surface area (Å²) < 4.78 is 0. The van der Waals surface area contributed by atoms with Crippen LogP contribution in [0.2, 0.25) is 0 Å². The van der Waals surface area contributed by atoms with Crippen LogP contribution in [0.4, 0.5) is 23.1 Å². The van der Waals surface area contributed by atoms with E-state index in [1.165, 1.54) is 0 Å². The van der Waals surface area contributed by atoms with Crippen LogP contribution in [0.5, 0.6) is 0 Å². The molecule has 1 heterocycles. The van der Waals surface area contributed by atoms with E-state index in [1.54, 1.807) is 0 Å². The molecule has 28 heavy (non-hydrogen) atoms. The van der Waals surface area contributed by atoms with E-state index < -0.39 is 4.92 Å². The topological polar surface area (TPSA) is 145 Å². The molecular formula is C19H27N7O2. The first-order valence-electron chi connectivity index (χ1n) is 9.53. The molecule has 9 nitrogen and oxygen atoms in total. The zero-order chi connectivity index (χ0) is 20.1. The molecule has 1 saturated carbocycles. The predicted molar refractivity (Wildman–Crippen MR) is 110 cm³/mol. The first kappa shape index (κ1) is 19.8. The van der Waals surface area contributed by atoms with E-state index in [2.05, 4.69) is 20.6 Å². The lowest BCUT2D eigenvalue weighted by Gasteiger charge is -2.25. The van der Waals surface area contributed by atoms with Crippen molar-refractivity contribution in [2.24, 2.45) is 11.7 Å². The second kappa shape index (κ2) is 8.83. The SMILES string of the molecule is CNc1cccc(CNc2nc(N)c([N+](=O)[O-])c(C[C@H]3CC[C@H](N)CC3)n2)c1. The fourth-order valence-electron chi connectivity index (χ4n) is 3.62. The molecule has 2 aromatic rings. The van der Waals surface area contributed by atoms with Crippen molar-refractivity contribution in [3.8, 4) is 0 Å². The molecule has 0 aliphatic heterocycles. The first-order valence-corrected chi connectivity index (χ1v) is 9.53. The van der Waals surface area contributed by atoms with Crippen molar-refractivity contribution in [1.29, 1.82) is 0 Å². The molecule has 0 bridgehead atoms. The van der Waals surface area contributed by atoms with Gasteiger partial charge < -0.3 is 22.1 Å². The van der Waals surface area contributed by atoms with Crippen molar-refractivity contribution in [3.63, 3.8) is 0 Å². The Balaban J connectivity index is 1.78. The third-order valence-corrected chi connectivity index (χ3v) is 5.21. The predicted octanol–water partition coefficient (Wildman–Crippen LogP) is 2.68. The van der Waals surface area contributed by atoms with Crippen LogP contribution in [0.25, 0.3) is 0 Å². The lowest BCUT2D eigenvalue weighted by atomic mass is 9.83. The quantitative estimate of drug-likeness (QED) is 0.420. The number of aromatic nitrogens is 2. The Labute approximate surface area is 164 Å². The van der Waals surface area contributed by atoms with Crippen LogP contribution in [0, 0.1) is 16.0 Å². The molecule has 0 amide bonds. The number of nitrogen functional groups attached to an aromatic ring is 1. The molecule has 0 spiro atoms. The van der Waals surface area contributed by atoms with E-state index in [4.69, 9.17) is 11.5 Å². The summed E-state index contributed by atoms with van der Waals surface area (Å²) in [6.07, 6.45) is 4.28. The van der Waals surface area contributed by atoms with Crippen LogP contribution < -0.4 is 22.1 Å². The van der Waals surface area contributed by atoms with E-state index in [1.807, 2.05) is 31.3 Å². The second-order valence-corrected chi connectivity index (χ2v) is 7.27. The smallest absolute Gasteiger partial charge is 0.332 e. The van der Waals surface area contributed by atoms with Crippen LogP contribution in [0.3, 0.4) is 0 Å².